The third-order valence-electron chi connectivity index (χ3n) is 5.45. The molecule has 1 N–H and O–H groups in total. The van der Waals surface area contributed by atoms with E-state index in [1.54, 1.807) is 36.4 Å². The van der Waals surface area contributed by atoms with Crippen molar-refractivity contribution in [1.29, 1.82) is 0 Å². The van der Waals surface area contributed by atoms with Crippen LogP contribution in [0.15, 0.2) is 57.7 Å². The van der Waals surface area contributed by atoms with Gasteiger partial charge in [-0.3, -0.25) is 4.79 Å². The molecule has 2 aromatic carbocycles. The molecule has 1 saturated heterocycles. The quantitative estimate of drug-likeness (QED) is 0.398. The minimum absolute atomic E-state index is 0.0464. The molecule has 1 fully saturated rings. The first kappa shape index (κ1) is 23.5. The summed E-state index contributed by atoms with van der Waals surface area (Å²) in [6.07, 6.45) is 0.360. The van der Waals surface area contributed by atoms with E-state index in [2.05, 4.69) is 5.32 Å². The first-order valence-corrected chi connectivity index (χ1v) is 12.4. The molecule has 0 bridgehead atoms. The normalized spacial score (nSPS) is 16.8. The highest BCUT2D eigenvalue weighted by Gasteiger charge is 2.29. The molecule has 3 aromatic rings. The predicted molar refractivity (Wildman–Crippen MR) is 123 cm³/mol. The van der Waals surface area contributed by atoms with Crippen molar-refractivity contribution in [2.75, 3.05) is 18.1 Å². The lowest BCUT2D eigenvalue weighted by Gasteiger charge is -2.11. The predicted octanol–water partition coefficient (Wildman–Crippen LogP) is 2.14. The van der Waals surface area contributed by atoms with Gasteiger partial charge >= 0.3 is 11.6 Å². The molecule has 4 rings (SSSR count). The number of hydrogen-bond acceptors (Lipinski definition) is 8. The zero-order valence-electron chi connectivity index (χ0n) is 18.4. The summed E-state index contributed by atoms with van der Waals surface area (Å²) in [6, 6.07) is 12.8. The molecular weight excluding hydrogens is 462 g/mol. The number of sulfone groups is 1. The Morgan fingerprint density at radius 2 is 1.88 bits per heavy atom. The van der Waals surface area contributed by atoms with Crippen LogP contribution in [0.3, 0.4) is 0 Å². The van der Waals surface area contributed by atoms with Crippen LogP contribution in [-0.2, 0) is 26.0 Å². The number of esters is 1. The van der Waals surface area contributed by atoms with Crippen molar-refractivity contribution in [3.05, 3.63) is 75.6 Å². The molecule has 2 heterocycles. The second kappa shape index (κ2) is 9.68. The van der Waals surface area contributed by atoms with E-state index in [1.807, 2.05) is 13.0 Å². The summed E-state index contributed by atoms with van der Waals surface area (Å²) in [5.41, 5.74) is 1.91. The standard InChI is InChI=1S/C24H23NO8S/c1-15-10-23(27)33-21-11-19(6-7-20(15)21)31-12-16-2-4-17(5-3-16)24(28)32-13-22(26)25-18-8-9-34(29,30)14-18/h2-7,10-11,18H,8-9,12-14H2,1H3,(H,25,26)/t18-/m0/s1. The molecule has 1 atom stereocenters. The van der Waals surface area contributed by atoms with Gasteiger partial charge in [0.2, 0.25) is 0 Å². The molecule has 1 aliphatic heterocycles. The summed E-state index contributed by atoms with van der Waals surface area (Å²) in [7, 11) is -3.11. The fourth-order valence-electron chi connectivity index (χ4n) is 3.69. The van der Waals surface area contributed by atoms with Crippen molar-refractivity contribution in [2.45, 2.75) is 26.0 Å². The third kappa shape index (κ3) is 5.82. The Bertz CT molecular complexity index is 1390. The minimum Gasteiger partial charge on any atom is -0.489 e. The van der Waals surface area contributed by atoms with E-state index < -0.39 is 40.0 Å². The maximum Gasteiger partial charge on any atom is 0.338 e. The number of ether oxygens (including phenoxy) is 2. The fraction of sp³-hybridized carbons (Fsp3) is 0.292. The maximum atomic E-state index is 12.2. The number of rotatable bonds is 7. The lowest BCUT2D eigenvalue weighted by Crippen LogP contribution is -2.38. The third-order valence-corrected chi connectivity index (χ3v) is 7.22. The van der Waals surface area contributed by atoms with Crippen LogP contribution in [0.2, 0.25) is 0 Å². The molecule has 10 heteroatoms. The maximum absolute atomic E-state index is 12.2. The van der Waals surface area contributed by atoms with E-state index >= 15 is 0 Å². The first-order valence-electron chi connectivity index (χ1n) is 10.6. The van der Waals surface area contributed by atoms with Crippen LogP contribution in [0.1, 0.15) is 27.9 Å². The molecular formula is C24H23NO8S. The van der Waals surface area contributed by atoms with E-state index in [-0.39, 0.29) is 23.7 Å². The van der Waals surface area contributed by atoms with Crippen molar-refractivity contribution in [1.82, 2.24) is 5.32 Å². The lowest BCUT2D eigenvalue weighted by atomic mass is 10.1. The smallest absolute Gasteiger partial charge is 0.338 e. The number of benzene rings is 2. The van der Waals surface area contributed by atoms with Crippen molar-refractivity contribution in [2.24, 2.45) is 0 Å². The van der Waals surface area contributed by atoms with E-state index in [0.29, 0.717) is 17.8 Å². The van der Waals surface area contributed by atoms with Crippen molar-refractivity contribution >= 4 is 32.7 Å². The summed E-state index contributed by atoms with van der Waals surface area (Å²) in [5, 5.41) is 3.39. The topological polar surface area (TPSA) is 129 Å². The average molecular weight is 486 g/mol. The highest BCUT2D eigenvalue weighted by molar-refractivity contribution is 7.91. The van der Waals surface area contributed by atoms with Gasteiger partial charge < -0.3 is 19.2 Å². The van der Waals surface area contributed by atoms with Crippen molar-refractivity contribution in [3.8, 4) is 5.75 Å². The van der Waals surface area contributed by atoms with Gasteiger partial charge in [0.1, 0.15) is 17.9 Å². The Balaban J connectivity index is 1.28. The molecule has 9 nitrogen and oxygen atoms in total. The molecule has 0 saturated carbocycles. The number of carbonyl (C=O) groups is 2. The molecule has 1 aliphatic rings. The molecule has 0 aliphatic carbocycles. The van der Waals surface area contributed by atoms with Gasteiger partial charge in [-0.15, -0.1) is 0 Å². The van der Waals surface area contributed by atoms with Gasteiger partial charge in [0.25, 0.3) is 5.91 Å². The van der Waals surface area contributed by atoms with Crippen LogP contribution in [0.4, 0.5) is 0 Å². The minimum atomic E-state index is -3.11. The Labute approximate surface area is 195 Å². The second-order valence-electron chi connectivity index (χ2n) is 8.14. The second-order valence-corrected chi connectivity index (χ2v) is 10.4. The van der Waals surface area contributed by atoms with Crippen LogP contribution in [0, 0.1) is 6.92 Å². The highest BCUT2D eigenvalue weighted by Crippen LogP contribution is 2.23. The van der Waals surface area contributed by atoms with Gasteiger partial charge in [-0.1, -0.05) is 12.1 Å². The Morgan fingerprint density at radius 3 is 2.59 bits per heavy atom. The van der Waals surface area contributed by atoms with Crippen LogP contribution in [-0.4, -0.2) is 44.4 Å². The summed E-state index contributed by atoms with van der Waals surface area (Å²) in [4.78, 5) is 35.7. The first-order chi connectivity index (χ1) is 16.2. The Hall–Kier alpha value is -3.66. The molecule has 0 radical (unpaired) electrons. The molecule has 34 heavy (non-hydrogen) atoms. The number of hydrogen-bond donors (Lipinski definition) is 1. The van der Waals surface area contributed by atoms with Crippen LogP contribution >= 0.6 is 0 Å². The monoisotopic (exact) mass is 485 g/mol. The van der Waals surface area contributed by atoms with Crippen LogP contribution in [0.25, 0.3) is 11.0 Å². The zero-order valence-corrected chi connectivity index (χ0v) is 19.2. The Kier molecular flexibility index (Phi) is 6.69. The number of nitrogens with one attached hydrogen (secondary N) is 1. The number of amides is 1. The molecule has 178 valence electrons. The van der Waals surface area contributed by atoms with Crippen LogP contribution in [0.5, 0.6) is 5.75 Å². The summed E-state index contributed by atoms with van der Waals surface area (Å²) >= 11 is 0. The van der Waals surface area contributed by atoms with Gasteiger partial charge in [0.15, 0.2) is 16.4 Å². The average Bonchev–Trinajstić information content (AvgIpc) is 3.14. The SMILES string of the molecule is Cc1cc(=O)oc2cc(OCc3ccc(C(=O)OCC(=O)N[C@H]4CCS(=O)(=O)C4)cc3)ccc12. The molecule has 1 amide bonds. The van der Waals surface area contributed by atoms with Crippen molar-refractivity contribution in [3.63, 3.8) is 0 Å². The molecule has 1 aromatic heterocycles. The molecule has 0 unspecified atom stereocenters. The number of aryl methyl sites for hydroxylation is 1. The van der Waals surface area contributed by atoms with Crippen LogP contribution < -0.4 is 15.7 Å². The largest absolute Gasteiger partial charge is 0.489 e. The van der Waals surface area contributed by atoms with Gasteiger partial charge in [-0.2, -0.15) is 0 Å². The van der Waals surface area contributed by atoms with Gasteiger partial charge in [-0.05, 0) is 48.7 Å². The van der Waals surface area contributed by atoms with Gasteiger partial charge in [-0.25, -0.2) is 18.0 Å². The summed E-state index contributed by atoms with van der Waals surface area (Å²) in [6.45, 7) is 1.57. The zero-order chi connectivity index (χ0) is 24.3. The van der Waals surface area contributed by atoms with E-state index in [4.69, 9.17) is 13.9 Å². The summed E-state index contributed by atoms with van der Waals surface area (Å²) in [5.74, 6) is -0.719. The van der Waals surface area contributed by atoms with E-state index in [9.17, 15) is 22.8 Å². The lowest BCUT2D eigenvalue weighted by molar-refractivity contribution is -0.124. The van der Waals surface area contributed by atoms with Gasteiger partial charge in [0, 0.05) is 23.6 Å². The van der Waals surface area contributed by atoms with Gasteiger partial charge in [0.05, 0.1) is 17.1 Å². The number of fused-ring (bicyclic) bond motifs is 1. The Morgan fingerprint density at radius 1 is 1.12 bits per heavy atom. The fourth-order valence-corrected chi connectivity index (χ4v) is 5.36. The van der Waals surface area contributed by atoms with Crippen molar-refractivity contribution < 1.29 is 31.9 Å². The van der Waals surface area contributed by atoms with E-state index in [1.165, 1.54) is 6.07 Å². The number of carbonyl (C=O) groups excluding carboxylic acids is 2. The summed E-state index contributed by atoms with van der Waals surface area (Å²) < 4.78 is 38.9. The molecule has 0 spiro atoms. The highest BCUT2D eigenvalue weighted by atomic mass is 32.2. The van der Waals surface area contributed by atoms with E-state index in [0.717, 1.165) is 16.5 Å².